The summed E-state index contributed by atoms with van der Waals surface area (Å²) >= 11 is 0. The Morgan fingerprint density at radius 3 is 1.85 bits per heavy atom. The summed E-state index contributed by atoms with van der Waals surface area (Å²) < 4.78 is 27.1. The second-order valence-corrected chi connectivity index (χ2v) is 11.4. The SMILES string of the molecule is O=C(Nc1ccc(S(=O)(=O)N2CCCC2)cc1)c1ccc2nc(-c3ccccc3)c(-c3ccccc3)nc2c1. The van der Waals surface area contributed by atoms with Crippen LogP contribution in [0.15, 0.2) is 108 Å². The van der Waals surface area contributed by atoms with E-state index in [1.165, 1.54) is 16.4 Å². The molecule has 0 atom stereocenters. The van der Waals surface area contributed by atoms with Crippen LogP contribution in [0.1, 0.15) is 23.2 Å². The topological polar surface area (TPSA) is 92.3 Å². The van der Waals surface area contributed by atoms with E-state index in [0.29, 0.717) is 35.4 Å². The van der Waals surface area contributed by atoms with E-state index in [4.69, 9.17) is 9.97 Å². The van der Waals surface area contributed by atoms with Gasteiger partial charge in [-0.2, -0.15) is 4.31 Å². The van der Waals surface area contributed by atoms with Crippen LogP contribution in [0.25, 0.3) is 33.5 Å². The fourth-order valence-electron chi connectivity index (χ4n) is 4.78. The molecule has 194 valence electrons. The summed E-state index contributed by atoms with van der Waals surface area (Å²) in [4.78, 5) is 23.2. The van der Waals surface area contributed by atoms with Crippen LogP contribution in [-0.4, -0.2) is 41.7 Å². The number of carbonyl (C=O) groups is 1. The van der Waals surface area contributed by atoms with Gasteiger partial charge in [0.15, 0.2) is 0 Å². The largest absolute Gasteiger partial charge is 0.322 e. The molecule has 0 unspecified atom stereocenters. The lowest BCUT2D eigenvalue weighted by molar-refractivity contribution is 0.102. The summed E-state index contributed by atoms with van der Waals surface area (Å²) in [7, 11) is -3.51. The molecule has 0 saturated carbocycles. The van der Waals surface area contributed by atoms with Gasteiger partial charge >= 0.3 is 0 Å². The number of nitrogens with zero attached hydrogens (tertiary/aromatic N) is 3. The molecule has 2 heterocycles. The first-order chi connectivity index (χ1) is 19.0. The average molecular weight is 535 g/mol. The molecule has 6 rings (SSSR count). The van der Waals surface area contributed by atoms with Gasteiger partial charge < -0.3 is 5.32 Å². The van der Waals surface area contributed by atoms with E-state index >= 15 is 0 Å². The van der Waals surface area contributed by atoms with Crippen molar-refractivity contribution in [3.8, 4) is 22.5 Å². The lowest BCUT2D eigenvalue weighted by Crippen LogP contribution is -2.27. The molecule has 4 aromatic carbocycles. The van der Waals surface area contributed by atoms with E-state index in [9.17, 15) is 13.2 Å². The molecule has 1 fully saturated rings. The van der Waals surface area contributed by atoms with Crippen LogP contribution in [0.4, 0.5) is 5.69 Å². The molecule has 0 radical (unpaired) electrons. The van der Waals surface area contributed by atoms with Crippen molar-refractivity contribution < 1.29 is 13.2 Å². The van der Waals surface area contributed by atoms with Gasteiger partial charge in [0, 0.05) is 35.5 Å². The number of nitrogens with one attached hydrogen (secondary N) is 1. The van der Waals surface area contributed by atoms with Crippen LogP contribution in [-0.2, 0) is 10.0 Å². The smallest absolute Gasteiger partial charge is 0.255 e. The lowest BCUT2D eigenvalue weighted by Gasteiger charge is -2.15. The summed E-state index contributed by atoms with van der Waals surface area (Å²) in [6.07, 6.45) is 1.76. The molecule has 0 aliphatic carbocycles. The van der Waals surface area contributed by atoms with E-state index < -0.39 is 10.0 Å². The predicted molar refractivity (Wildman–Crippen MR) is 153 cm³/mol. The van der Waals surface area contributed by atoms with E-state index in [0.717, 1.165) is 35.4 Å². The van der Waals surface area contributed by atoms with E-state index in [2.05, 4.69) is 5.32 Å². The molecule has 1 N–H and O–H groups in total. The zero-order chi connectivity index (χ0) is 26.8. The van der Waals surface area contributed by atoms with E-state index in [1.54, 1.807) is 30.3 Å². The maximum atomic E-state index is 13.1. The number of rotatable bonds is 6. The summed E-state index contributed by atoms with van der Waals surface area (Å²) in [6, 6.07) is 31.3. The lowest BCUT2D eigenvalue weighted by atomic mass is 10.0. The molecule has 1 saturated heterocycles. The molecule has 0 bridgehead atoms. The van der Waals surface area contributed by atoms with Crippen LogP contribution in [0.5, 0.6) is 0 Å². The third kappa shape index (κ3) is 5.04. The van der Waals surface area contributed by atoms with Crippen LogP contribution in [0.3, 0.4) is 0 Å². The molecular formula is C31H26N4O3S. The highest BCUT2D eigenvalue weighted by Gasteiger charge is 2.27. The van der Waals surface area contributed by atoms with Gasteiger partial charge in [-0.1, -0.05) is 60.7 Å². The Kier molecular flexibility index (Phi) is 6.64. The quantitative estimate of drug-likeness (QED) is 0.288. The van der Waals surface area contributed by atoms with Crippen molar-refractivity contribution in [1.29, 1.82) is 0 Å². The Labute approximate surface area is 227 Å². The molecular weight excluding hydrogens is 508 g/mol. The van der Waals surface area contributed by atoms with Gasteiger partial charge in [0.25, 0.3) is 5.91 Å². The number of hydrogen-bond donors (Lipinski definition) is 1. The van der Waals surface area contributed by atoms with Crippen LogP contribution in [0, 0.1) is 0 Å². The fourth-order valence-corrected chi connectivity index (χ4v) is 6.30. The third-order valence-corrected chi connectivity index (χ3v) is 8.75. The van der Waals surface area contributed by atoms with Gasteiger partial charge in [0.1, 0.15) is 0 Å². The van der Waals surface area contributed by atoms with Crippen molar-refractivity contribution in [2.24, 2.45) is 0 Å². The highest BCUT2D eigenvalue weighted by atomic mass is 32.2. The number of amides is 1. The highest BCUT2D eigenvalue weighted by molar-refractivity contribution is 7.89. The van der Waals surface area contributed by atoms with Crippen LogP contribution < -0.4 is 5.32 Å². The number of hydrogen-bond acceptors (Lipinski definition) is 5. The molecule has 1 aliphatic rings. The minimum Gasteiger partial charge on any atom is -0.322 e. The molecule has 8 heteroatoms. The van der Waals surface area contributed by atoms with Gasteiger partial charge in [0.05, 0.1) is 27.3 Å². The Balaban J connectivity index is 1.30. The molecule has 1 amide bonds. The monoisotopic (exact) mass is 534 g/mol. The number of benzene rings is 4. The number of aromatic nitrogens is 2. The Hall–Kier alpha value is -4.40. The van der Waals surface area contributed by atoms with Gasteiger partial charge in [-0.25, -0.2) is 18.4 Å². The Morgan fingerprint density at radius 2 is 1.26 bits per heavy atom. The first-order valence-electron chi connectivity index (χ1n) is 12.8. The van der Waals surface area contributed by atoms with Gasteiger partial charge in [0.2, 0.25) is 10.0 Å². The highest BCUT2D eigenvalue weighted by Crippen LogP contribution is 2.31. The standard InChI is InChI=1S/C31H26N4O3S/c36-31(32-25-14-16-26(17-15-25)39(37,38)35-19-7-8-20-35)24-13-18-27-28(21-24)34-30(23-11-5-2-6-12-23)29(33-27)22-9-3-1-4-10-22/h1-6,9-18,21H,7-8,19-20H2,(H,32,36). The molecule has 1 aliphatic heterocycles. The van der Waals surface area contributed by atoms with Gasteiger partial charge in [-0.15, -0.1) is 0 Å². The van der Waals surface area contributed by atoms with E-state index in [-0.39, 0.29) is 10.8 Å². The van der Waals surface area contributed by atoms with Crippen molar-refractivity contribution in [2.45, 2.75) is 17.7 Å². The van der Waals surface area contributed by atoms with Crippen molar-refractivity contribution in [3.63, 3.8) is 0 Å². The number of fused-ring (bicyclic) bond motifs is 1. The third-order valence-electron chi connectivity index (χ3n) is 6.84. The number of sulfonamides is 1. The van der Waals surface area contributed by atoms with Gasteiger partial charge in [-0.05, 0) is 55.3 Å². The second kappa shape index (κ2) is 10.4. The average Bonchev–Trinajstić information content (AvgIpc) is 3.54. The Morgan fingerprint density at radius 1 is 0.692 bits per heavy atom. The summed E-state index contributed by atoms with van der Waals surface area (Å²) in [5, 5.41) is 2.86. The maximum absolute atomic E-state index is 13.1. The van der Waals surface area contributed by atoms with Crippen molar-refractivity contribution >= 4 is 32.7 Å². The normalized spacial score (nSPS) is 13.9. The molecule has 0 spiro atoms. The second-order valence-electron chi connectivity index (χ2n) is 9.45. The van der Waals surface area contributed by atoms with Gasteiger partial charge in [-0.3, -0.25) is 4.79 Å². The maximum Gasteiger partial charge on any atom is 0.255 e. The molecule has 39 heavy (non-hydrogen) atoms. The van der Waals surface area contributed by atoms with E-state index in [1.807, 2.05) is 60.7 Å². The summed E-state index contributed by atoms with van der Waals surface area (Å²) in [6.45, 7) is 1.09. The number of anilines is 1. The van der Waals surface area contributed by atoms with Crippen molar-refractivity contribution in [3.05, 3.63) is 109 Å². The summed E-state index contributed by atoms with van der Waals surface area (Å²) in [5.74, 6) is -0.317. The minimum atomic E-state index is -3.51. The van der Waals surface area contributed by atoms with Crippen molar-refractivity contribution in [2.75, 3.05) is 18.4 Å². The first kappa shape index (κ1) is 24.9. The predicted octanol–water partition coefficient (Wildman–Crippen LogP) is 6.00. The number of carbonyl (C=O) groups excluding carboxylic acids is 1. The minimum absolute atomic E-state index is 0.228. The Bertz CT molecular complexity index is 1750. The fraction of sp³-hybridized carbons (Fsp3) is 0.129. The molecule has 7 nitrogen and oxygen atoms in total. The molecule has 5 aromatic rings. The zero-order valence-corrected chi connectivity index (χ0v) is 21.9. The first-order valence-corrected chi connectivity index (χ1v) is 14.3. The van der Waals surface area contributed by atoms with Crippen molar-refractivity contribution in [1.82, 2.24) is 14.3 Å². The summed E-state index contributed by atoms with van der Waals surface area (Å²) in [5.41, 5.74) is 5.63. The van der Waals surface area contributed by atoms with Crippen LogP contribution in [0.2, 0.25) is 0 Å². The molecule has 1 aromatic heterocycles. The van der Waals surface area contributed by atoms with Crippen LogP contribution >= 0.6 is 0 Å². The zero-order valence-electron chi connectivity index (χ0n) is 21.1.